The van der Waals surface area contributed by atoms with Gasteiger partial charge in [0.05, 0.1) is 22.6 Å². The Kier molecular flexibility index (Phi) is 7.19. The van der Waals surface area contributed by atoms with Crippen LogP contribution in [0.3, 0.4) is 0 Å². The number of pyridine rings is 1. The summed E-state index contributed by atoms with van der Waals surface area (Å²) < 4.78 is 30.8. The Morgan fingerprint density at radius 2 is 1.71 bits per heavy atom. The first-order chi connectivity index (χ1) is 19.9. The number of carbonyl (C=O) groups is 2. The van der Waals surface area contributed by atoms with Gasteiger partial charge in [-0.3, -0.25) is 19.5 Å². The van der Waals surface area contributed by atoms with E-state index in [1.54, 1.807) is 24.3 Å². The van der Waals surface area contributed by atoms with Crippen LogP contribution in [0.15, 0.2) is 41.7 Å². The minimum atomic E-state index is -0.742. The molecule has 0 spiro atoms. The Hall–Kier alpha value is -4.28. The number of hydrogen-bond acceptors (Lipinski definition) is 6. The van der Waals surface area contributed by atoms with Crippen molar-refractivity contribution in [1.29, 1.82) is 0 Å². The van der Waals surface area contributed by atoms with E-state index in [2.05, 4.69) is 19.9 Å². The summed E-state index contributed by atoms with van der Waals surface area (Å²) >= 11 is 0. The van der Waals surface area contributed by atoms with Gasteiger partial charge in [0.15, 0.2) is 5.82 Å². The minimum Gasteiger partial charge on any atom is -0.350 e. The minimum absolute atomic E-state index is 0.0132. The lowest BCUT2D eigenvalue weighted by Gasteiger charge is -2.40. The molecular weight excluding hydrogens is 528 g/mol. The molecule has 0 bridgehead atoms. The number of aliphatic imine (C=N–C) groups is 1. The molecule has 1 aromatic carbocycles. The smallest absolute Gasteiger partial charge is 0.220 e. The van der Waals surface area contributed by atoms with Crippen molar-refractivity contribution in [2.45, 2.75) is 50.5 Å². The van der Waals surface area contributed by atoms with Crippen LogP contribution in [0.25, 0.3) is 11.3 Å². The second kappa shape index (κ2) is 10.9. The van der Waals surface area contributed by atoms with Gasteiger partial charge in [-0.1, -0.05) is 12.1 Å². The van der Waals surface area contributed by atoms with Gasteiger partial charge < -0.3 is 9.80 Å². The van der Waals surface area contributed by atoms with Crippen molar-refractivity contribution in [2.75, 3.05) is 31.6 Å². The molecule has 11 heteroatoms. The van der Waals surface area contributed by atoms with Gasteiger partial charge in [-0.15, -0.1) is 0 Å². The number of carbonyl (C=O) groups excluding carboxylic acids is 2. The van der Waals surface area contributed by atoms with Gasteiger partial charge in [0.25, 0.3) is 0 Å². The van der Waals surface area contributed by atoms with Gasteiger partial charge in [-0.05, 0) is 50.8 Å². The van der Waals surface area contributed by atoms with Crippen molar-refractivity contribution in [3.63, 3.8) is 0 Å². The highest BCUT2D eigenvalue weighted by atomic mass is 19.1. The third-order valence-corrected chi connectivity index (χ3v) is 8.00. The summed E-state index contributed by atoms with van der Waals surface area (Å²) in [6, 6.07) is 6.98. The van der Waals surface area contributed by atoms with Gasteiger partial charge in [-0.2, -0.15) is 0 Å². The molecule has 1 aliphatic heterocycles. The molecule has 2 amide bonds. The molecule has 41 heavy (non-hydrogen) atoms. The maximum Gasteiger partial charge on any atom is 0.220 e. The average Bonchev–Trinajstić information content (AvgIpc) is 3.90. The number of rotatable bonds is 8. The molecule has 1 atom stereocenters. The van der Waals surface area contributed by atoms with Crippen molar-refractivity contribution in [2.24, 2.45) is 4.99 Å². The van der Waals surface area contributed by atoms with E-state index in [9.17, 15) is 14.0 Å². The molecule has 2 aromatic heterocycles. The summed E-state index contributed by atoms with van der Waals surface area (Å²) in [5, 5.41) is 0. The maximum absolute atomic E-state index is 15.9. The van der Waals surface area contributed by atoms with E-state index in [0.717, 1.165) is 43.5 Å². The third-order valence-electron chi connectivity index (χ3n) is 8.00. The van der Waals surface area contributed by atoms with Crippen LogP contribution in [-0.2, 0) is 9.59 Å². The number of benzene rings is 1. The lowest BCUT2D eigenvalue weighted by Crippen LogP contribution is -2.54. The van der Waals surface area contributed by atoms with Crippen LogP contribution in [0.4, 0.5) is 20.3 Å². The average molecular weight is 560 g/mol. The first-order valence-corrected chi connectivity index (χ1v) is 13.9. The fourth-order valence-electron chi connectivity index (χ4n) is 5.64. The molecule has 3 aliphatic rings. The monoisotopic (exact) mass is 559 g/mol. The van der Waals surface area contributed by atoms with Crippen molar-refractivity contribution in [3.05, 3.63) is 65.2 Å². The number of halogens is 2. The molecule has 3 heterocycles. The van der Waals surface area contributed by atoms with Crippen molar-refractivity contribution < 1.29 is 18.4 Å². The Morgan fingerprint density at radius 3 is 2.27 bits per heavy atom. The molecule has 0 N–H and O–H groups in total. The van der Waals surface area contributed by atoms with Gasteiger partial charge in [0.1, 0.15) is 29.5 Å². The number of piperazine rings is 1. The van der Waals surface area contributed by atoms with Gasteiger partial charge in [0.2, 0.25) is 12.8 Å². The highest BCUT2D eigenvalue weighted by Crippen LogP contribution is 2.50. The second-order valence-electron chi connectivity index (χ2n) is 10.9. The van der Waals surface area contributed by atoms with Crippen molar-refractivity contribution >= 4 is 30.2 Å². The lowest BCUT2D eigenvalue weighted by atomic mass is 10.0. The molecule has 1 saturated heterocycles. The van der Waals surface area contributed by atoms with E-state index in [-0.39, 0.29) is 40.5 Å². The van der Waals surface area contributed by atoms with Crippen LogP contribution >= 0.6 is 0 Å². The molecule has 0 radical (unpaired) electrons. The molecule has 2 saturated carbocycles. The maximum atomic E-state index is 15.9. The van der Waals surface area contributed by atoms with Gasteiger partial charge >= 0.3 is 0 Å². The fourth-order valence-corrected chi connectivity index (χ4v) is 5.64. The first-order valence-electron chi connectivity index (χ1n) is 13.9. The summed E-state index contributed by atoms with van der Waals surface area (Å²) in [5.74, 6) is -0.428. The zero-order valence-corrected chi connectivity index (χ0v) is 23.0. The lowest BCUT2D eigenvalue weighted by molar-refractivity contribution is -0.120. The van der Waals surface area contributed by atoms with E-state index in [1.807, 2.05) is 11.8 Å². The van der Waals surface area contributed by atoms with Gasteiger partial charge in [-0.25, -0.2) is 23.7 Å². The molecule has 2 aliphatic carbocycles. The summed E-state index contributed by atoms with van der Waals surface area (Å²) in [7, 11) is 1.60. The number of aromatic nitrogens is 3. The first kappa shape index (κ1) is 26.9. The van der Waals surface area contributed by atoms with E-state index >= 15 is 4.39 Å². The van der Waals surface area contributed by atoms with E-state index < -0.39 is 11.6 Å². The van der Waals surface area contributed by atoms with Crippen LogP contribution < -0.4 is 4.90 Å². The van der Waals surface area contributed by atoms with Crippen LogP contribution in [0.5, 0.6) is 0 Å². The quantitative estimate of drug-likeness (QED) is 0.231. The third kappa shape index (κ3) is 5.05. The molecular formula is C30H31F2N7O2. The van der Waals surface area contributed by atoms with E-state index in [4.69, 9.17) is 0 Å². The number of nitrogens with zero attached hydrogens (tertiary/aromatic N) is 7. The highest BCUT2D eigenvalue weighted by Gasteiger charge is 2.38. The Bertz CT molecular complexity index is 1490. The molecule has 6 rings (SSSR count). The Morgan fingerprint density at radius 1 is 1.02 bits per heavy atom. The van der Waals surface area contributed by atoms with Crippen molar-refractivity contribution in [3.8, 4) is 11.3 Å². The van der Waals surface area contributed by atoms with Crippen molar-refractivity contribution in [1.82, 2.24) is 24.8 Å². The molecule has 212 valence electrons. The molecule has 3 fully saturated rings. The van der Waals surface area contributed by atoms with E-state index in [0.29, 0.717) is 37.6 Å². The Balaban J connectivity index is 1.56. The van der Waals surface area contributed by atoms with E-state index in [1.165, 1.54) is 29.2 Å². The molecule has 1 unspecified atom stereocenters. The predicted molar refractivity (Wildman–Crippen MR) is 150 cm³/mol. The second-order valence-corrected chi connectivity index (χ2v) is 10.9. The molecule has 9 nitrogen and oxygen atoms in total. The Labute approximate surface area is 236 Å². The zero-order valence-electron chi connectivity index (χ0n) is 23.0. The summed E-state index contributed by atoms with van der Waals surface area (Å²) in [4.78, 5) is 47.9. The number of amides is 2. The number of hydrogen-bond donors (Lipinski definition) is 0. The number of amidine groups is 1. The number of anilines is 2. The SMILES string of the molecule is C/N=C(\c1cc(F)c(-c2ccccc2F)nc1N(C=O)c1c(C2CC2)ncnc1C1CC1)N1CCN(C=O)CC1C. The van der Waals surface area contributed by atoms with Crippen LogP contribution in [-0.4, -0.2) is 76.1 Å². The van der Waals surface area contributed by atoms with Crippen LogP contribution in [0.2, 0.25) is 0 Å². The standard InChI is InChI=1S/C30H31F2N7O2/c1-18-14-37(16-40)11-12-38(18)29(33-2)22-13-24(32)27(21-5-3-4-6-23(21)31)36-30(22)39(17-41)28-25(19-7-8-19)34-15-35-26(28)20-9-10-20/h3-6,13,15-20H,7-12,14H2,1-2H3/b33-29+. The fraction of sp³-hybridized carbons (Fsp3) is 0.400. The largest absolute Gasteiger partial charge is 0.350 e. The predicted octanol–water partition coefficient (Wildman–Crippen LogP) is 4.41. The zero-order chi connectivity index (χ0) is 28.7. The summed E-state index contributed by atoms with van der Waals surface area (Å²) in [6.07, 6.45) is 6.82. The summed E-state index contributed by atoms with van der Waals surface area (Å²) in [6.45, 7) is 3.34. The molecule has 3 aromatic rings. The van der Waals surface area contributed by atoms with Crippen LogP contribution in [0.1, 0.15) is 61.4 Å². The topological polar surface area (TPSA) is 94.9 Å². The highest BCUT2D eigenvalue weighted by molar-refractivity contribution is 6.06. The van der Waals surface area contributed by atoms with Gasteiger partial charge in [0, 0.05) is 50.1 Å². The summed E-state index contributed by atoms with van der Waals surface area (Å²) in [5.41, 5.74) is 2.17. The normalized spacial score (nSPS) is 19.3. The van der Waals surface area contributed by atoms with Crippen LogP contribution in [0, 0.1) is 11.6 Å².